The predicted octanol–water partition coefficient (Wildman–Crippen LogP) is 2.85. The van der Waals surface area contributed by atoms with E-state index in [1.54, 1.807) is 0 Å². The van der Waals surface area contributed by atoms with Crippen LogP contribution in [0, 0.1) is 5.92 Å². The lowest BCUT2D eigenvalue weighted by molar-refractivity contribution is 0.153. The third-order valence-electron chi connectivity index (χ3n) is 3.97. The molecule has 0 aromatic heterocycles. The lowest BCUT2D eigenvalue weighted by atomic mass is 9.87. The largest absolute Gasteiger partial charge is 0.465 e. The lowest BCUT2D eigenvalue weighted by Gasteiger charge is -2.17. The molecule has 5 heteroatoms. The predicted molar refractivity (Wildman–Crippen MR) is 70.4 cm³/mol. The number of hydrogen-bond donors (Lipinski definition) is 2. The van der Waals surface area contributed by atoms with E-state index in [-0.39, 0.29) is 5.92 Å². The van der Waals surface area contributed by atoms with E-state index < -0.39 is 6.09 Å². The molecule has 2 aliphatic rings. The monoisotopic (exact) mass is 266 g/mol. The summed E-state index contributed by atoms with van der Waals surface area (Å²) >= 11 is 6.21. The van der Waals surface area contributed by atoms with E-state index in [2.05, 4.69) is 11.4 Å². The third-order valence-corrected chi connectivity index (χ3v) is 4.29. The highest BCUT2D eigenvalue weighted by Crippen LogP contribution is 2.42. The number of benzene rings is 1. The maximum Gasteiger partial charge on any atom is 0.407 e. The molecular weight excluding hydrogens is 252 g/mol. The Hall–Kier alpha value is -1.42. The van der Waals surface area contributed by atoms with Crippen LogP contribution in [0.1, 0.15) is 17.9 Å². The number of nitrogens with one attached hydrogen (secondary N) is 1. The number of halogens is 1. The van der Waals surface area contributed by atoms with Crippen LogP contribution in [-0.4, -0.2) is 35.7 Å². The minimum absolute atomic E-state index is 0.268. The summed E-state index contributed by atoms with van der Waals surface area (Å²) in [6.45, 7) is 2.06. The van der Waals surface area contributed by atoms with E-state index >= 15 is 0 Å². The van der Waals surface area contributed by atoms with Gasteiger partial charge in [-0.3, -0.25) is 0 Å². The number of carboxylic acid groups (broad SMARTS) is 1. The first-order valence-corrected chi connectivity index (χ1v) is 6.55. The molecule has 0 saturated carbocycles. The maximum atomic E-state index is 11.1. The van der Waals surface area contributed by atoms with Crippen LogP contribution in [0.3, 0.4) is 0 Å². The van der Waals surface area contributed by atoms with Gasteiger partial charge < -0.3 is 15.3 Å². The summed E-state index contributed by atoms with van der Waals surface area (Å²) in [5.74, 6) is 0.665. The van der Waals surface area contributed by atoms with Crippen molar-refractivity contribution in [3.05, 3.63) is 28.8 Å². The van der Waals surface area contributed by atoms with Crippen molar-refractivity contribution in [2.45, 2.75) is 12.3 Å². The van der Waals surface area contributed by atoms with Crippen LogP contribution < -0.4 is 5.32 Å². The maximum absolute atomic E-state index is 11.1. The number of rotatable bonds is 0. The van der Waals surface area contributed by atoms with E-state index in [4.69, 9.17) is 16.7 Å². The van der Waals surface area contributed by atoms with Crippen LogP contribution in [0.15, 0.2) is 18.2 Å². The third kappa shape index (κ3) is 1.81. The van der Waals surface area contributed by atoms with Gasteiger partial charge in [-0.2, -0.15) is 0 Å². The first kappa shape index (κ1) is 11.7. The Bertz CT molecular complexity index is 492. The first-order chi connectivity index (χ1) is 8.66. The zero-order valence-corrected chi connectivity index (χ0v) is 10.7. The Balaban J connectivity index is 1.99. The van der Waals surface area contributed by atoms with Crippen LogP contribution in [0.4, 0.5) is 10.5 Å². The second-order valence-corrected chi connectivity index (χ2v) is 5.38. The van der Waals surface area contributed by atoms with E-state index in [1.807, 2.05) is 12.1 Å². The fraction of sp³-hybridized carbons (Fsp3) is 0.462. The normalized spacial score (nSPS) is 25.9. The molecular formula is C13H15ClN2O2. The van der Waals surface area contributed by atoms with Crippen molar-refractivity contribution in [2.75, 3.05) is 25.0 Å². The highest BCUT2D eigenvalue weighted by atomic mass is 35.5. The molecule has 18 heavy (non-hydrogen) atoms. The van der Waals surface area contributed by atoms with Crippen LogP contribution in [0.2, 0.25) is 5.02 Å². The average molecular weight is 267 g/mol. The molecule has 3 rings (SSSR count). The van der Waals surface area contributed by atoms with Gasteiger partial charge in [0.2, 0.25) is 0 Å². The van der Waals surface area contributed by atoms with Gasteiger partial charge in [-0.1, -0.05) is 23.7 Å². The molecule has 0 spiro atoms. The molecule has 2 aliphatic heterocycles. The van der Waals surface area contributed by atoms with E-state index in [0.717, 1.165) is 29.2 Å². The SMILES string of the molecule is O=C(O)N1CC2CCNc3c(Cl)cccc3C2C1. The zero-order chi connectivity index (χ0) is 12.7. The molecule has 0 bridgehead atoms. The quantitative estimate of drug-likeness (QED) is 0.759. The van der Waals surface area contributed by atoms with Crippen molar-refractivity contribution in [1.82, 2.24) is 4.90 Å². The number of carbonyl (C=O) groups is 1. The number of fused-ring (bicyclic) bond motifs is 3. The molecule has 2 atom stereocenters. The Morgan fingerprint density at radius 2 is 2.28 bits per heavy atom. The minimum atomic E-state index is -0.820. The van der Waals surface area contributed by atoms with Gasteiger partial charge in [0.1, 0.15) is 0 Å². The van der Waals surface area contributed by atoms with Gasteiger partial charge in [-0.15, -0.1) is 0 Å². The average Bonchev–Trinajstić information content (AvgIpc) is 2.68. The molecule has 1 aromatic carbocycles. The molecule has 4 nitrogen and oxygen atoms in total. The number of nitrogens with zero attached hydrogens (tertiary/aromatic N) is 1. The summed E-state index contributed by atoms with van der Waals surface area (Å²) < 4.78 is 0. The van der Waals surface area contributed by atoms with Gasteiger partial charge >= 0.3 is 6.09 Å². The van der Waals surface area contributed by atoms with Crippen molar-refractivity contribution in [2.24, 2.45) is 5.92 Å². The lowest BCUT2D eigenvalue weighted by Crippen LogP contribution is -2.27. The molecule has 96 valence electrons. The van der Waals surface area contributed by atoms with Crippen molar-refractivity contribution in [1.29, 1.82) is 0 Å². The summed E-state index contributed by atoms with van der Waals surface area (Å²) in [5, 5.41) is 13.2. The summed E-state index contributed by atoms with van der Waals surface area (Å²) in [4.78, 5) is 12.6. The van der Waals surface area contributed by atoms with Gasteiger partial charge in [0, 0.05) is 25.6 Å². The van der Waals surface area contributed by atoms with E-state index in [1.165, 1.54) is 4.90 Å². The zero-order valence-electron chi connectivity index (χ0n) is 9.90. The number of hydrogen-bond acceptors (Lipinski definition) is 2. The molecule has 1 saturated heterocycles. The Kier molecular flexibility index (Phi) is 2.82. The minimum Gasteiger partial charge on any atom is -0.465 e. The number of anilines is 1. The summed E-state index contributed by atoms with van der Waals surface area (Å²) in [6.07, 6.45) is 0.166. The van der Waals surface area contributed by atoms with Gasteiger partial charge in [0.25, 0.3) is 0 Å². The Morgan fingerprint density at radius 3 is 3.06 bits per heavy atom. The van der Waals surface area contributed by atoms with Crippen LogP contribution in [-0.2, 0) is 0 Å². The van der Waals surface area contributed by atoms with Gasteiger partial charge in [-0.05, 0) is 24.0 Å². The van der Waals surface area contributed by atoms with Crippen molar-refractivity contribution >= 4 is 23.4 Å². The second kappa shape index (κ2) is 4.35. The second-order valence-electron chi connectivity index (χ2n) is 4.97. The van der Waals surface area contributed by atoms with Gasteiger partial charge in [0.05, 0.1) is 10.7 Å². The first-order valence-electron chi connectivity index (χ1n) is 6.17. The molecule has 2 N–H and O–H groups in total. The summed E-state index contributed by atoms with van der Waals surface area (Å²) in [7, 11) is 0. The molecule has 0 radical (unpaired) electrons. The number of amides is 1. The standard InChI is InChI=1S/C13H15ClN2O2/c14-11-3-1-2-9-10-7-16(13(17)18)6-8(10)4-5-15-12(9)11/h1-3,8,10,15H,4-7H2,(H,17,18). The fourth-order valence-corrected chi connectivity index (χ4v) is 3.34. The van der Waals surface area contributed by atoms with Crippen molar-refractivity contribution in [3.63, 3.8) is 0 Å². The van der Waals surface area contributed by atoms with Gasteiger partial charge in [-0.25, -0.2) is 4.79 Å². The molecule has 1 aromatic rings. The molecule has 0 aliphatic carbocycles. The Labute approximate surface area is 111 Å². The van der Waals surface area contributed by atoms with Gasteiger partial charge in [0.15, 0.2) is 0 Å². The Morgan fingerprint density at radius 1 is 1.44 bits per heavy atom. The van der Waals surface area contributed by atoms with Crippen molar-refractivity contribution in [3.8, 4) is 0 Å². The molecule has 1 amide bonds. The number of likely N-dealkylation sites (tertiary alicyclic amines) is 1. The van der Waals surface area contributed by atoms with E-state index in [9.17, 15) is 4.79 Å². The van der Waals surface area contributed by atoms with Crippen LogP contribution in [0.5, 0.6) is 0 Å². The molecule has 1 fully saturated rings. The summed E-state index contributed by atoms with van der Waals surface area (Å²) in [6, 6.07) is 5.87. The molecule has 2 unspecified atom stereocenters. The highest BCUT2D eigenvalue weighted by Gasteiger charge is 2.38. The smallest absolute Gasteiger partial charge is 0.407 e. The topological polar surface area (TPSA) is 52.6 Å². The number of para-hydroxylation sites is 1. The summed E-state index contributed by atoms with van der Waals surface area (Å²) in [5.41, 5.74) is 2.15. The van der Waals surface area contributed by atoms with Crippen LogP contribution in [0.25, 0.3) is 0 Å². The van der Waals surface area contributed by atoms with Crippen molar-refractivity contribution < 1.29 is 9.90 Å². The van der Waals surface area contributed by atoms with E-state index in [0.29, 0.717) is 19.0 Å². The fourth-order valence-electron chi connectivity index (χ4n) is 3.09. The highest BCUT2D eigenvalue weighted by molar-refractivity contribution is 6.33. The molecule has 2 heterocycles. The van der Waals surface area contributed by atoms with Crippen LogP contribution >= 0.6 is 11.6 Å².